The predicted molar refractivity (Wildman–Crippen MR) is 190 cm³/mol. The van der Waals surface area contributed by atoms with Crippen LogP contribution in [0.4, 0.5) is 0 Å². The van der Waals surface area contributed by atoms with E-state index in [1.165, 1.54) is 64.2 Å². The van der Waals surface area contributed by atoms with Gasteiger partial charge in [-0.1, -0.05) is 102 Å². The number of benzene rings is 1. The summed E-state index contributed by atoms with van der Waals surface area (Å²) in [5.74, 6) is 0.594. The van der Waals surface area contributed by atoms with Crippen LogP contribution in [0.2, 0.25) is 0 Å². The predicted octanol–water partition coefficient (Wildman–Crippen LogP) is 7.76. The highest BCUT2D eigenvalue weighted by Crippen LogP contribution is 2.36. The molecule has 0 fully saturated rings. The number of nitrogens with one attached hydrogen (secondary N) is 1. The van der Waals surface area contributed by atoms with Gasteiger partial charge in [0.15, 0.2) is 0 Å². The Morgan fingerprint density at radius 1 is 0.957 bits per heavy atom. The van der Waals surface area contributed by atoms with Crippen LogP contribution in [0.3, 0.4) is 0 Å². The maximum atomic E-state index is 13.0. The molecule has 10 heteroatoms. The Bertz CT molecular complexity index is 1430. The molecule has 0 radical (unpaired) electrons. The lowest BCUT2D eigenvalue weighted by molar-refractivity contribution is -0.122. The summed E-state index contributed by atoms with van der Waals surface area (Å²) in [5.41, 5.74) is 4.62. The van der Waals surface area contributed by atoms with Gasteiger partial charge in [-0.25, -0.2) is 0 Å². The van der Waals surface area contributed by atoms with E-state index in [1.54, 1.807) is 13.3 Å². The molecule has 2 atom stereocenters. The molecule has 1 aromatic carbocycles. The van der Waals surface area contributed by atoms with Gasteiger partial charge in [0.1, 0.15) is 5.75 Å². The first kappa shape index (κ1) is 38.7. The van der Waals surface area contributed by atoms with Crippen LogP contribution in [0, 0.1) is 13.8 Å². The van der Waals surface area contributed by atoms with E-state index < -0.39 is 25.9 Å². The number of hydrogen-bond donors (Lipinski definition) is 4. The molecule has 0 aliphatic carbocycles. The Morgan fingerprint density at radius 3 is 2.15 bits per heavy atom. The summed E-state index contributed by atoms with van der Waals surface area (Å²) in [7, 11) is -2.86. The number of amides is 1. The lowest BCUT2D eigenvalue weighted by Gasteiger charge is -2.24. The van der Waals surface area contributed by atoms with Gasteiger partial charge in [0.2, 0.25) is 5.91 Å². The van der Waals surface area contributed by atoms with Gasteiger partial charge in [-0.3, -0.25) is 14.3 Å². The molecular weight excluding hydrogens is 613 g/mol. The van der Waals surface area contributed by atoms with Crippen molar-refractivity contribution in [3.05, 3.63) is 59.0 Å². The van der Waals surface area contributed by atoms with Crippen molar-refractivity contribution in [3.8, 4) is 5.75 Å². The van der Waals surface area contributed by atoms with Crippen LogP contribution in [0.15, 0.2) is 36.7 Å². The molecule has 1 amide bonds. The van der Waals surface area contributed by atoms with Gasteiger partial charge < -0.3 is 29.5 Å². The number of unbranched alkanes of at least 4 members (excludes halogenated alkanes) is 12. The molecule has 4 N–H and O–H groups in total. The zero-order valence-corrected chi connectivity index (χ0v) is 29.9. The maximum Gasteiger partial charge on any atom is 0.328 e. The molecule has 0 saturated heterocycles. The van der Waals surface area contributed by atoms with Gasteiger partial charge in [0, 0.05) is 40.8 Å². The van der Waals surface area contributed by atoms with Crippen LogP contribution in [0.25, 0.3) is 10.9 Å². The fraction of sp³-hybridized carbons (Fsp3) is 0.622. The summed E-state index contributed by atoms with van der Waals surface area (Å²) in [4.78, 5) is 36.9. The molecule has 0 aliphatic heterocycles. The number of para-hydroxylation sites is 1. The second kappa shape index (κ2) is 20.0. The van der Waals surface area contributed by atoms with Crippen LogP contribution in [-0.2, 0) is 22.3 Å². The second-order valence-corrected chi connectivity index (χ2v) is 14.8. The third-order valence-electron chi connectivity index (χ3n) is 9.12. The Hall–Kier alpha value is -2.71. The lowest BCUT2D eigenvalue weighted by Crippen LogP contribution is -2.46. The number of aliphatic hydroxyl groups excluding tert-OH is 1. The summed E-state index contributed by atoms with van der Waals surface area (Å²) < 4.78 is 19.5. The minimum Gasteiger partial charge on any atom is -0.496 e. The van der Waals surface area contributed by atoms with E-state index in [9.17, 15) is 24.3 Å². The standard InChI is InChI=1S/C37H58N3O6P/c1-5-6-7-8-9-10-11-12-13-14-15-16-17-22-36(42)39-32(35(41)27-47(43,44)45)23-30-25-40(34-21-19-18-20-31(30)34)26-33-29(3)37(46-4)28(2)24-38-33/h18-21,24-25,32,35,41H,5-17,22-23,26-27H2,1-4H3,(H,39,42)(H2,43,44,45)/t32-,35?/m0/s1. The van der Waals surface area contributed by atoms with Gasteiger partial charge in [-0.15, -0.1) is 0 Å². The SMILES string of the molecule is CCCCCCCCCCCCCCCC(=O)N[C@@H](Cc1cn(Cc2ncc(C)c(OC)c2C)c2ccccc12)C(O)CP(=O)(O)O. The average molecular weight is 672 g/mol. The van der Waals surface area contributed by atoms with Crippen molar-refractivity contribution in [2.45, 2.75) is 136 Å². The van der Waals surface area contributed by atoms with Crippen molar-refractivity contribution >= 4 is 24.4 Å². The summed E-state index contributed by atoms with van der Waals surface area (Å²) in [5, 5.41) is 14.8. The van der Waals surface area contributed by atoms with Gasteiger partial charge >= 0.3 is 7.60 Å². The number of aryl methyl sites for hydroxylation is 1. The first-order valence-corrected chi connectivity index (χ1v) is 19.4. The summed E-state index contributed by atoms with van der Waals surface area (Å²) in [6.07, 6.45) is 18.0. The molecule has 3 aromatic rings. The quantitative estimate of drug-likeness (QED) is 0.0598. The Labute approximate surface area is 281 Å². The summed E-state index contributed by atoms with van der Waals surface area (Å²) in [6.45, 7) is 6.69. The number of fused-ring (bicyclic) bond motifs is 1. The fourth-order valence-corrected chi connectivity index (χ4v) is 7.22. The van der Waals surface area contributed by atoms with Crippen molar-refractivity contribution in [2.24, 2.45) is 0 Å². The highest BCUT2D eigenvalue weighted by molar-refractivity contribution is 7.51. The summed E-state index contributed by atoms with van der Waals surface area (Å²) in [6, 6.07) is 7.03. The molecular formula is C37H58N3O6P. The van der Waals surface area contributed by atoms with Gasteiger partial charge in [-0.05, 0) is 38.3 Å². The topological polar surface area (TPSA) is 134 Å². The molecule has 47 heavy (non-hydrogen) atoms. The molecule has 0 bridgehead atoms. The lowest BCUT2D eigenvalue weighted by atomic mass is 10.0. The smallest absolute Gasteiger partial charge is 0.328 e. The molecule has 3 rings (SSSR count). The number of aliphatic hydroxyl groups is 1. The van der Waals surface area contributed by atoms with Crippen molar-refractivity contribution in [3.63, 3.8) is 0 Å². The molecule has 9 nitrogen and oxygen atoms in total. The minimum absolute atomic E-state index is 0.210. The highest BCUT2D eigenvalue weighted by Gasteiger charge is 2.29. The highest BCUT2D eigenvalue weighted by atomic mass is 31.2. The van der Waals surface area contributed by atoms with E-state index in [2.05, 4.69) is 21.8 Å². The number of ether oxygens (including phenoxy) is 1. The van der Waals surface area contributed by atoms with Crippen molar-refractivity contribution in [1.82, 2.24) is 14.9 Å². The van der Waals surface area contributed by atoms with Crippen molar-refractivity contribution in [2.75, 3.05) is 13.3 Å². The Kier molecular flexibility index (Phi) is 16.4. The van der Waals surface area contributed by atoms with E-state index in [1.807, 2.05) is 44.3 Å². The molecule has 2 heterocycles. The van der Waals surface area contributed by atoms with E-state index >= 15 is 0 Å². The molecule has 0 saturated carbocycles. The van der Waals surface area contributed by atoms with Crippen LogP contribution in [0.5, 0.6) is 5.75 Å². The largest absolute Gasteiger partial charge is 0.496 e. The first-order valence-electron chi connectivity index (χ1n) is 17.6. The monoisotopic (exact) mass is 671 g/mol. The second-order valence-electron chi connectivity index (χ2n) is 13.1. The van der Waals surface area contributed by atoms with E-state index in [4.69, 9.17) is 4.74 Å². The van der Waals surface area contributed by atoms with Crippen LogP contribution in [0.1, 0.15) is 119 Å². The van der Waals surface area contributed by atoms with Gasteiger partial charge in [-0.2, -0.15) is 0 Å². The van der Waals surface area contributed by atoms with Crippen molar-refractivity contribution < 1.29 is 29.0 Å². The van der Waals surface area contributed by atoms with E-state index in [-0.39, 0.29) is 12.3 Å². The van der Waals surface area contributed by atoms with Gasteiger partial charge in [0.25, 0.3) is 0 Å². The number of pyridine rings is 1. The molecule has 0 aliphatic rings. The number of carbonyl (C=O) groups excluding carboxylic acids is 1. The first-order chi connectivity index (χ1) is 22.5. The number of rotatable bonds is 23. The van der Waals surface area contributed by atoms with Crippen LogP contribution >= 0.6 is 7.60 Å². The molecule has 0 spiro atoms. The number of hydrogen-bond acceptors (Lipinski definition) is 5. The third kappa shape index (κ3) is 13.0. The van der Waals surface area contributed by atoms with E-state index in [0.717, 1.165) is 58.3 Å². The van der Waals surface area contributed by atoms with Crippen LogP contribution in [-0.4, -0.2) is 55.8 Å². The normalized spacial score (nSPS) is 13.2. The van der Waals surface area contributed by atoms with Crippen molar-refractivity contribution in [1.29, 1.82) is 0 Å². The molecule has 262 valence electrons. The Balaban J connectivity index is 1.59. The van der Waals surface area contributed by atoms with Crippen LogP contribution < -0.4 is 10.1 Å². The Morgan fingerprint density at radius 2 is 1.55 bits per heavy atom. The number of nitrogens with zero attached hydrogens (tertiary/aromatic N) is 2. The maximum absolute atomic E-state index is 13.0. The average Bonchev–Trinajstić information content (AvgIpc) is 3.36. The zero-order valence-electron chi connectivity index (χ0n) is 29.0. The minimum atomic E-state index is -4.51. The molecule has 1 unspecified atom stereocenters. The third-order valence-corrected chi connectivity index (χ3v) is 9.97. The summed E-state index contributed by atoms with van der Waals surface area (Å²) >= 11 is 0. The van der Waals surface area contributed by atoms with E-state index in [0.29, 0.717) is 13.0 Å². The zero-order chi connectivity index (χ0) is 34.2. The number of carbonyl (C=O) groups is 1. The molecule has 2 aromatic heterocycles. The fourth-order valence-electron chi connectivity index (χ4n) is 6.48. The van der Waals surface area contributed by atoms with Gasteiger partial charge in [0.05, 0.1) is 37.7 Å². The number of methoxy groups -OCH3 is 1. The number of aromatic nitrogens is 2.